The van der Waals surface area contributed by atoms with Crippen molar-refractivity contribution in [1.82, 2.24) is 19.9 Å². The molecule has 1 amide bonds. The normalized spacial score (nSPS) is 15.0. The van der Waals surface area contributed by atoms with Gasteiger partial charge in [-0.3, -0.25) is 4.79 Å². The number of amides is 1. The number of pyridine rings is 2. The molecule has 0 radical (unpaired) electrons. The highest BCUT2D eigenvalue weighted by Crippen LogP contribution is 2.29. The summed E-state index contributed by atoms with van der Waals surface area (Å²) in [7, 11) is 0. The minimum atomic E-state index is 0. The predicted molar refractivity (Wildman–Crippen MR) is 101 cm³/mol. The molecule has 0 saturated carbocycles. The second-order valence-electron chi connectivity index (χ2n) is 6.13. The summed E-state index contributed by atoms with van der Waals surface area (Å²) < 4.78 is 0. The van der Waals surface area contributed by atoms with E-state index in [-0.39, 0.29) is 7.33 Å². The van der Waals surface area contributed by atoms with E-state index in [1.54, 1.807) is 13.1 Å². The largest absolute Gasteiger partial charge is 0.353 e. The molecule has 3 aromatic heterocycles. The Hall–Kier alpha value is -2.60. The highest BCUT2D eigenvalue weighted by Gasteiger charge is 2.20. The van der Waals surface area contributed by atoms with Crippen LogP contribution in [0.3, 0.4) is 0 Å². The monoisotopic (exact) mass is 357 g/mol. The van der Waals surface area contributed by atoms with Crippen molar-refractivity contribution in [3.63, 3.8) is 0 Å². The lowest BCUT2D eigenvalue weighted by molar-refractivity contribution is -0.129. The van der Waals surface area contributed by atoms with Crippen LogP contribution in [0.25, 0.3) is 22.3 Å². The van der Waals surface area contributed by atoms with Crippen LogP contribution in [0.1, 0.15) is 8.35 Å². The van der Waals surface area contributed by atoms with E-state index in [0.29, 0.717) is 5.02 Å². The average Bonchev–Trinajstić information content (AvgIpc) is 3.05. The number of halogens is 1. The zero-order valence-corrected chi connectivity index (χ0v) is 14.6. The summed E-state index contributed by atoms with van der Waals surface area (Å²) in [4.78, 5) is 27.8. The van der Waals surface area contributed by atoms with Crippen LogP contribution in [-0.2, 0) is 4.79 Å². The van der Waals surface area contributed by atoms with Gasteiger partial charge in [0.2, 0.25) is 5.91 Å². The van der Waals surface area contributed by atoms with E-state index >= 15 is 0 Å². The number of aromatic amines is 1. The van der Waals surface area contributed by atoms with Gasteiger partial charge in [-0.05, 0) is 18.2 Å². The molecule has 0 aromatic carbocycles. The van der Waals surface area contributed by atoms with Crippen LogP contribution in [0, 0.1) is 0 Å². The van der Waals surface area contributed by atoms with Crippen molar-refractivity contribution in [2.75, 3.05) is 31.1 Å². The van der Waals surface area contributed by atoms with Gasteiger partial charge in [0.1, 0.15) is 11.5 Å². The number of rotatable bonds is 2. The summed E-state index contributed by atoms with van der Waals surface area (Å²) in [5, 5.41) is 1.56. The first-order valence-electron chi connectivity index (χ1n) is 8.22. The fraction of sp³-hybridized carbons (Fsp3) is 0.278. The van der Waals surface area contributed by atoms with Gasteiger partial charge in [-0.2, -0.15) is 0 Å². The van der Waals surface area contributed by atoms with Crippen LogP contribution >= 0.6 is 11.6 Å². The molecule has 0 aliphatic carbocycles. The molecule has 0 atom stereocenters. The topological polar surface area (TPSA) is 65.1 Å². The maximum atomic E-state index is 11.5. The summed E-state index contributed by atoms with van der Waals surface area (Å²) in [6.07, 6.45) is 3.54. The standard InChI is InChI=1S/C18H18ClN5O.H2/c1-12(25)23-5-7-24(8-6-23)17-4-2-3-16(22-17)15-11-21-18-14(15)9-13(19)10-20-18;/h2-4,9-11H,5-8H2,1H3,(H,20,21);1H. The van der Waals surface area contributed by atoms with Crippen molar-refractivity contribution in [1.29, 1.82) is 0 Å². The molecule has 25 heavy (non-hydrogen) atoms. The molecular formula is C18H20ClN5O. The maximum Gasteiger partial charge on any atom is 0.219 e. The SMILES string of the molecule is CC(=O)N1CCN(c2cccc(-c3c[nH]c4ncc(Cl)cc34)n2)CC1.[HH]. The van der Waals surface area contributed by atoms with Gasteiger partial charge in [0.15, 0.2) is 0 Å². The minimum Gasteiger partial charge on any atom is -0.353 e. The first-order valence-corrected chi connectivity index (χ1v) is 8.60. The second-order valence-corrected chi connectivity index (χ2v) is 6.56. The molecule has 0 spiro atoms. The number of hydrogen-bond acceptors (Lipinski definition) is 4. The van der Waals surface area contributed by atoms with Crippen LogP contribution < -0.4 is 4.90 Å². The Labute approximate surface area is 151 Å². The van der Waals surface area contributed by atoms with Gasteiger partial charge in [-0.15, -0.1) is 0 Å². The van der Waals surface area contributed by atoms with Crippen LogP contribution in [0.2, 0.25) is 5.02 Å². The second kappa shape index (κ2) is 6.37. The quantitative estimate of drug-likeness (QED) is 0.765. The van der Waals surface area contributed by atoms with Crippen LogP contribution in [-0.4, -0.2) is 51.9 Å². The Kier molecular flexibility index (Phi) is 4.05. The summed E-state index contributed by atoms with van der Waals surface area (Å²) in [6, 6.07) is 7.90. The molecule has 1 aliphatic rings. The van der Waals surface area contributed by atoms with E-state index < -0.39 is 0 Å². The van der Waals surface area contributed by atoms with E-state index in [1.807, 2.05) is 35.4 Å². The third-order valence-corrected chi connectivity index (χ3v) is 4.76. The molecule has 1 N–H and O–H groups in total. The van der Waals surface area contributed by atoms with Crippen molar-refractivity contribution >= 4 is 34.4 Å². The van der Waals surface area contributed by atoms with Crippen molar-refractivity contribution in [3.05, 3.63) is 41.7 Å². The third kappa shape index (κ3) is 3.05. The van der Waals surface area contributed by atoms with Crippen molar-refractivity contribution in [2.45, 2.75) is 6.92 Å². The number of anilines is 1. The van der Waals surface area contributed by atoms with Gasteiger partial charge in [0.05, 0.1) is 10.7 Å². The first kappa shape index (κ1) is 15.9. The van der Waals surface area contributed by atoms with Crippen LogP contribution in [0.15, 0.2) is 36.7 Å². The highest BCUT2D eigenvalue weighted by molar-refractivity contribution is 6.31. The van der Waals surface area contributed by atoms with Crippen molar-refractivity contribution in [3.8, 4) is 11.3 Å². The number of H-pyrrole nitrogens is 1. The van der Waals surface area contributed by atoms with Gasteiger partial charge in [0, 0.05) is 57.9 Å². The fourth-order valence-electron chi connectivity index (χ4n) is 3.19. The smallest absolute Gasteiger partial charge is 0.219 e. The number of carbonyl (C=O) groups is 1. The summed E-state index contributed by atoms with van der Waals surface area (Å²) in [5.41, 5.74) is 2.65. The van der Waals surface area contributed by atoms with E-state index in [9.17, 15) is 4.79 Å². The molecule has 1 aliphatic heterocycles. The Bertz CT molecular complexity index is 936. The van der Waals surface area contributed by atoms with E-state index in [1.165, 1.54) is 0 Å². The number of nitrogens with one attached hydrogen (secondary N) is 1. The molecular weight excluding hydrogens is 338 g/mol. The molecule has 7 heteroatoms. The number of fused-ring (bicyclic) bond motifs is 1. The lowest BCUT2D eigenvalue weighted by atomic mass is 10.1. The summed E-state index contributed by atoms with van der Waals surface area (Å²) >= 11 is 6.09. The number of aromatic nitrogens is 3. The Morgan fingerprint density at radius 2 is 2.08 bits per heavy atom. The van der Waals surface area contributed by atoms with Crippen molar-refractivity contribution in [2.24, 2.45) is 0 Å². The zero-order chi connectivity index (χ0) is 17.4. The molecule has 4 heterocycles. The van der Waals surface area contributed by atoms with Gasteiger partial charge >= 0.3 is 0 Å². The van der Waals surface area contributed by atoms with Gasteiger partial charge in [-0.1, -0.05) is 17.7 Å². The number of hydrogen-bond donors (Lipinski definition) is 1. The number of piperazine rings is 1. The molecule has 130 valence electrons. The van der Waals surface area contributed by atoms with Gasteiger partial charge in [0.25, 0.3) is 0 Å². The van der Waals surface area contributed by atoms with Crippen molar-refractivity contribution < 1.29 is 6.22 Å². The van der Waals surface area contributed by atoms with Crippen LogP contribution in [0.4, 0.5) is 5.82 Å². The predicted octanol–water partition coefficient (Wildman–Crippen LogP) is 3.19. The molecule has 6 nitrogen and oxygen atoms in total. The van der Waals surface area contributed by atoms with E-state index in [4.69, 9.17) is 16.6 Å². The average molecular weight is 358 g/mol. The Balaban J connectivity index is 0.00000196. The molecule has 0 unspecified atom stereocenters. The maximum absolute atomic E-state index is 11.5. The van der Waals surface area contributed by atoms with Crippen LogP contribution in [0.5, 0.6) is 0 Å². The molecule has 4 rings (SSSR count). The van der Waals surface area contributed by atoms with E-state index in [2.05, 4.69) is 14.9 Å². The zero-order valence-electron chi connectivity index (χ0n) is 13.9. The Morgan fingerprint density at radius 3 is 2.84 bits per heavy atom. The highest BCUT2D eigenvalue weighted by atomic mass is 35.5. The summed E-state index contributed by atoms with van der Waals surface area (Å²) in [6.45, 7) is 4.65. The molecule has 1 saturated heterocycles. The van der Waals surface area contributed by atoms with Gasteiger partial charge in [-0.25, -0.2) is 9.97 Å². The molecule has 0 bridgehead atoms. The fourth-order valence-corrected chi connectivity index (χ4v) is 3.35. The van der Waals surface area contributed by atoms with Gasteiger partial charge < -0.3 is 14.8 Å². The minimum absolute atomic E-state index is 0. The Morgan fingerprint density at radius 1 is 1.28 bits per heavy atom. The first-order chi connectivity index (χ1) is 12.1. The molecule has 3 aromatic rings. The van der Waals surface area contributed by atoms with E-state index in [0.717, 1.165) is 54.3 Å². The lowest BCUT2D eigenvalue weighted by Gasteiger charge is -2.35. The third-order valence-electron chi connectivity index (χ3n) is 4.56. The summed E-state index contributed by atoms with van der Waals surface area (Å²) in [5.74, 6) is 1.05. The molecule has 1 fully saturated rings. The lowest BCUT2D eigenvalue weighted by Crippen LogP contribution is -2.48. The number of nitrogens with zero attached hydrogens (tertiary/aromatic N) is 4. The number of carbonyl (C=O) groups excluding carboxylic acids is 1.